The van der Waals surface area contributed by atoms with Gasteiger partial charge in [0.2, 0.25) is 0 Å². The third-order valence-electron chi connectivity index (χ3n) is 2.21. The fourth-order valence-electron chi connectivity index (χ4n) is 1.50. The molecule has 1 aliphatic heterocycles. The maximum absolute atomic E-state index is 2.44. The van der Waals surface area contributed by atoms with Crippen LogP contribution in [0.3, 0.4) is 0 Å². The molecule has 0 saturated carbocycles. The van der Waals surface area contributed by atoms with Crippen molar-refractivity contribution in [2.24, 2.45) is 0 Å². The van der Waals surface area contributed by atoms with Crippen LogP contribution in [0.25, 0.3) is 0 Å². The second-order valence-corrected chi connectivity index (χ2v) is 5.07. The van der Waals surface area contributed by atoms with E-state index in [-0.39, 0.29) is 0 Å². The highest BCUT2D eigenvalue weighted by Gasteiger charge is 2.14. The monoisotopic (exact) mass is 159 g/mol. The number of hydrogen-bond donors (Lipinski definition) is 0. The Morgan fingerprint density at radius 2 is 2.00 bits per heavy atom. The van der Waals surface area contributed by atoms with Crippen molar-refractivity contribution in [1.29, 1.82) is 0 Å². The fourth-order valence-corrected chi connectivity index (χ4v) is 2.75. The molecule has 1 fully saturated rings. The summed E-state index contributed by atoms with van der Waals surface area (Å²) in [4.78, 5) is 2.44. The summed E-state index contributed by atoms with van der Waals surface area (Å²) in [6.45, 7) is 4.96. The fraction of sp³-hybridized carbons (Fsp3) is 1.00. The van der Waals surface area contributed by atoms with Crippen LogP contribution < -0.4 is 0 Å². The number of hydrogen-bond acceptors (Lipinski definition) is 1. The third kappa shape index (κ3) is 2.56. The van der Waals surface area contributed by atoms with Gasteiger partial charge in [-0.05, 0) is 44.8 Å². The average molecular weight is 159 g/mol. The van der Waals surface area contributed by atoms with Gasteiger partial charge in [-0.25, -0.2) is 0 Å². The van der Waals surface area contributed by atoms with Crippen LogP contribution >= 0.6 is 8.58 Å². The minimum atomic E-state index is 1.07. The molecular formula is C8H18NP. The predicted molar refractivity (Wildman–Crippen MR) is 49.4 cm³/mol. The molecule has 0 bridgehead atoms. The van der Waals surface area contributed by atoms with E-state index in [9.17, 15) is 0 Å². The first-order valence-corrected chi connectivity index (χ1v) is 5.53. The molecule has 1 nitrogen and oxygen atoms in total. The van der Waals surface area contributed by atoms with Crippen molar-refractivity contribution >= 4 is 8.58 Å². The quantitative estimate of drug-likeness (QED) is 0.555. The van der Waals surface area contributed by atoms with Crippen LogP contribution in [0.2, 0.25) is 0 Å². The summed E-state index contributed by atoms with van der Waals surface area (Å²) in [7, 11) is 3.45. The van der Waals surface area contributed by atoms with E-state index in [1.807, 2.05) is 0 Å². The highest BCUT2D eigenvalue weighted by molar-refractivity contribution is 7.38. The summed E-state index contributed by atoms with van der Waals surface area (Å²) in [5, 5.41) is 0. The molecule has 0 spiro atoms. The minimum Gasteiger partial charge on any atom is -0.306 e. The van der Waals surface area contributed by atoms with E-state index in [4.69, 9.17) is 0 Å². The van der Waals surface area contributed by atoms with E-state index in [0.29, 0.717) is 0 Å². The van der Waals surface area contributed by atoms with Crippen LogP contribution in [0.5, 0.6) is 0 Å². The van der Waals surface area contributed by atoms with Crippen LogP contribution in [0.1, 0.15) is 19.8 Å². The molecule has 1 aliphatic rings. The molecule has 1 rings (SSSR count). The second kappa shape index (κ2) is 4.31. The normalized spacial score (nSPS) is 24.6. The molecule has 1 unspecified atom stereocenters. The molecule has 0 amide bonds. The first kappa shape index (κ1) is 8.49. The number of nitrogens with zero attached hydrogens (tertiary/aromatic N) is 1. The van der Waals surface area contributed by atoms with Crippen molar-refractivity contribution < 1.29 is 0 Å². The molecule has 0 radical (unpaired) electrons. The van der Waals surface area contributed by atoms with Gasteiger partial charge < -0.3 is 4.90 Å². The van der Waals surface area contributed by atoms with Gasteiger partial charge in [-0.1, -0.05) is 6.92 Å². The van der Waals surface area contributed by atoms with Crippen LogP contribution in [0, 0.1) is 0 Å². The number of rotatable bonds is 2. The van der Waals surface area contributed by atoms with E-state index in [1.54, 1.807) is 0 Å². The molecule has 0 aromatic heterocycles. The SMILES string of the molecule is CCPC1CCN(C)CC1. The maximum atomic E-state index is 2.44. The van der Waals surface area contributed by atoms with Gasteiger partial charge in [0, 0.05) is 0 Å². The van der Waals surface area contributed by atoms with Gasteiger partial charge in [0.05, 0.1) is 0 Å². The largest absolute Gasteiger partial charge is 0.306 e. The minimum absolute atomic E-state index is 1.07. The molecule has 60 valence electrons. The highest BCUT2D eigenvalue weighted by Crippen LogP contribution is 2.27. The predicted octanol–water partition coefficient (Wildman–Crippen LogP) is 1.78. The van der Waals surface area contributed by atoms with Crippen molar-refractivity contribution in [3.8, 4) is 0 Å². The van der Waals surface area contributed by atoms with E-state index in [0.717, 1.165) is 5.66 Å². The Morgan fingerprint density at radius 1 is 1.40 bits per heavy atom. The third-order valence-corrected chi connectivity index (χ3v) is 3.77. The van der Waals surface area contributed by atoms with Crippen molar-refractivity contribution in [3.63, 3.8) is 0 Å². The van der Waals surface area contributed by atoms with Gasteiger partial charge in [0.25, 0.3) is 0 Å². The molecule has 1 atom stereocenters. The molecular weight excluding hydrogens is 141 g/mol. The topological polar surface area (TPSA) is 3.24 Å². The Bertz CT molecular complexity index is 87.3. The van der Waals surface area contributed by atoms with Crippen molar-refractivity contribution in [3.05, 3.63) is 0 Å². The molecule has 0 aromatic rings. The molecule has 1 saturated heterocycles. The molecule has 10 heavy (non-hydrogen) atoms. The van der Waals surface area contributed by atoms with Crippen LogP contribution in [-0.4, -0.2) is 36.9 Å². The van der Waals surface area contributed by atoms with Crippen LogP contribution in [-0.2, 0) is 0 Å². The molecule has 0 aromatic carbocycles. The van der Waals surface area contributed by atoms with Gasteiger partial charge >= 0.3 is 0 Å². The van der Waals surface area contributed by atoms with Gasteiger partial charge in [-0.2, -0.15) is 0 Å². The number of piperidine rings is 1. The summed E-state index contributed by atoms with van der Waals surface area (Å²) in [5.74, 6) is 0. The summed E-state index contributed by atoms with van der Waals surface area (Å²) >= 11 is 0. The first-order chi connectivity index (χ1) is 4.83. The van der Waals surface area contributed by atoms with Gasteiger partial charge in [-0.3, -0.25) is 0 Å². The van der Waals surface area contributed by atoms with E-state index in [2.05, 4.69) is 18.9 Å². The maximum Gasteiger partial charge on any atom is -0.00158 e. The molecule has 0 N–H and O–H groups in total. The van der Waals surface area contributed by atoms with Crippen molar-refractivity contribution in [1.82, 2.24) is 4.90 Å². The zero-order valence-electron chi connectivity index (χ0n) is 7.06. The number of likely N-dealkylation sites (tertiary alicyclic amines) is 1. The zero-order valence-corrected chi connectivity index (χ0v) is 8.06. The van der Waals surface area contributed by atoms with Crippen molar-refractivity contribution in [2.75, 3.05) is 26.3 Å². The second-order valence-electron chi connectivity index (χ2n) is 3.14. The highest BCUT2D eigenvalue weighted by atomic mass is 31.1. The Kier molecular flexibility index (Phi) is 3.65. The van der Waals surface area contributed by atoms with Gasteiger partial charge in [-0.15, -0.1) is 8.58 Å². The molecule has 0 aliphatic carbocycles. The summed E-state index contributed by atoms with van der Waals surface area (Å²) in [6, 6.07) is 0. The lowest BCUT2D eigenvalue weighted by molar-refractivity contribution is 0.281. The zero-order chi connectivity index (χ0) is 7.40. The summed E-state index contributed by atoms with van der Waals surface area (Å²) in [6.07, 6.45) is 4.29. The summed E-state index contributed by atoms with van der Waals surface area (Å²) in [5.41, 5.74) is 1.07. The Balaban J connectivity index is 2.13. The Labute approximate surface area is 66.0 Å². The average Bonchev–Trinajstić information content (AvgIpc) is 1.95. The summed E-state index contributed by atoms with van der Waals surface area (Å²) < 4.78 is 0. The smallest absolute Gasteiger partial charge is 0.00158 e. The van der Waals surface area contributed by atoms with E-state index >= 15 is 0 Å². The van der Waals surface area contributed by atoms with Crippen LogP contribution in [0.15, 0.2) is 0 Å². The van der Waals surface area contributed by atoms with E-state index < -0.39 is 0 Å². The van der Waals surface area contributed by atoms with E-state index in [1.165, 1.54) is 40.7 Å². The Morgan fingerprint density at radius 3 is 2.50 bits per heavy atom. The molecule has 1 heterocycles. The standard InChI is InChI=1S/C8H18NP/c1-3-10-8-4-6-9(2)7-5-8/h8,10H,3-7H2,1-2H3. The van der Waals surface area contributed by atoms with Crippen molar-refractivity contribution in [2.45, 2.75) is 25.4 Å². The Hall–Kier alpha value is 0.390. The first-order valence-electron chi connectivity index (χ1n) is 4.25. The molecule has 2 heteroatoms. The van der Waals surface area contributed by atoms with Gasteiger partial charge in [0.15, 0.2) is 0 Å². The lowest BCUT2D eigenvalue weighted by Gasteiger charge is -2.28. The lowest BCUT2D eigenvalue weighted by Crippen LogP contribution is -2.30. The van der Waals surface area contributed by atoms with Crippen LogP contribution in [0.4, 0.5) is 0 Å². The lowest BCUT2D eigenvalue weighted by atomic mass is 10.1. The van der Waals surface area contributed by atoms with Gasteiger partial charge in [0.1, 0.15) is 0 Å².